The highest BCUT2D eigenvalue weighted by Gasteiger charge is 2.41. The molecule has 1 nitrogen and oxygen atoms in total. The van der Waals surface area contributed by atoms with Gasteiger partial charge in [-0.2, -0.15) is 0 Å². The molecule has 1 fully saturated rings. The van der Waals surface area contributed by atoms with Crippen LogP contribution in [-0.4, -0.2) is 7.05 Å². The molecule has 1 N–H and O–H groups in total. The Morgan fingerprint density at radius 2 is 1.84 bits per heavy atom. The van der Waals surface area contributed by atoms with Crippen LogP contribution in [0.5, 0.6) is 0 Å². The molecule has 1 aliphatic rings. The van der Waals surface area contributed by atoms with Gasteiger partial charge in [-0.3, -0.25) is 0 Å². The van der Waals surface area contributed by atoms with Gasteiger partial charge >= 0.3 is 0 Å². The zero-order valence-electron chi connectivity index (χ0n) is 12.0. The first kappa shape index (κ1) is 14.4. The van der Waals surface area contributed by atoms with Crippen molar-refractivity contribution in [2.24, 2.45) is 5.41 Å². The first-order valence-corrected chi connectivity index (χ1v) is 7.17. The van der Waals surface area contributed by atoms with Crippen molar-refractivity contribution in [2.75, 3.05) is 7.05 Å². The molecule has 1 atom stereocenters. The summed E-state index contributed by atoms with van der Waals surface area (Å²) in [6.07, 6.45) is 5.53. The van der Waals surface area contributed by atoms with Crippen LogP contribution in [0.2, 0.25) is 0 Å². The standard InChI is InChI=1S/C16H23F2N/c1-4-16(9-5-6-10-16)15(19-3)12-8-7-11(2)13(17)14(12)18/h7-8,15,19H,4-6,9-10H2,1-3H3. The largest absolute Gasteiger partial charge is 0.312 e. The SMILES string of the molecule is CCC1(C(NC)c2ccc(C)c(F)c2F)CCCC1. The summed E-state index contributed by atoms with van der Waals surface area (Å²) < 4.78 is 28.0. The number of nitrogens with one attached hydrogen (secondary N) is 1. The second-order valence-electron chi connectivity index (χ2n) is 5.74. The maximum atomic E-state index is 14.2. The van der Waals surface area contributed by atoms with Crippen molar-refractivity contribution >= 4 is 0 Å². The fraction of sp³-hybridized carbons (Fsp3) is 0.625. The van der Waals surface area contributed by atoms with Crippen molar-refractivity contribution in [3.05, 3.63) is 34.9 Å². The molecule has 1 aromatic carbocycles. The molecule has 0 heterocycles. The van der Waals surface area contributed by atoms with Gasteiger partial charge < -0.3 is 5.32 Å². The predicted molar refractivity (Wildman–Crippen MR) is 74.1 cm³/mol. The van der Waals surface area contributed by atoms with E-state index in [2.05, 4.69) is 12.2 Å². The van der Waals surface area contributed by atoms with Gasteiger partial charge in [-0.05, 0) is 44.2 Å². The van der Waals surface area contributed by atoms with Crippen molar-refractivity contribution < 1.29 is 8.78 Å². The summed E-state index contributed by atoms with van der Waals surface area (Å²) in [6.45, 7) is 3.75. The summed E-state index contributed by atoms with van der Waals surface area (Å²) in [7, 11) is 1.84. The van der Waals surface area contributed by atoms with E-state index in [1.807, 2.05) is 7.05 Å². The lowest BCUT2D eigenvalue weighted by Crippen LogP contribution is -2.35. The highest BCUT2D eigenvalue weighted by Crippen LogP contribution is 2.50. The van der Waals surface area contributed by atoms with Crippen LogP contribution < -0.4 is 5.32 Å². The monoisotopic (exact) mass is 267 g/mol. The fourth-order valence-corrected chi connectivity index (χ4v) is 3.60. The summed E-state index contributed by atoms with van der Waals surface area (Å²) in [5.41, 5.74) is 0.916. The van der Waals surface area contributed by atoms with Crippen LogP contribution in [-0.2, 0) is 0 Å². The average molecular weight is 267 g/mol. The number of hydrogen-bond acceptors (Lipinski definition) is 1. The average Bonchev–Trinajstić information content (AvgIpc) is 2.89. The van der Waals surface area contributed by atoms with E-state index in [0.29, 0.717) is 11.1 Å². The molecule has 0 radical (unpaired) electrons. The third-order valence-corrected chi connectivity index (χ3v) is 4.82. The molecule has 0 amide bonds. The zero-order chi connectivity index (χ0) is 14.0. The topological polar surface area (TPSA) is 12.0 Å². The van der Waals surface area contributed by atoms with Gasteiger partial charge in [0.2, 0.25) is 0 Å². The van der Waals surface area contributed by atoms with Crippen LogP contribution in [0.25, 0.3) is 0 Å². The third-order valence-electron chi connectivity index (χ3n) is 4.82. The summed E-state index contributed by atoms with van der Waals surface area (Å²) in [4.78, 5) is 0. The Hall–Kier alpha value is -0.960. The maximum absolute atomic E-state index is 14.2. The fourth-order valence-electron chi connectivity index (χ4n) is 3.60. The van der Waals surface area contributed by atoms with Crippen LogP contribution in [0, 0.1) is 24.0 Å². The van der Waals surface area contributed by atoms with Crippen molar-refractivity contribution in [3.8, 4) is 0 Å². The third kappa shape index (κ3) is 2.40. The van der Waals surface area contributed by atoms with Gasteiger partial charge in [0.25, 0.3) is 0 Å². The molecule has 0 spiro atoms. The van der Waals surface area contributed by atoms with Gasteiger partial charge in [0.1, 0.15) is 0 Å². The molecule has 3 heteroatoms. The molecule has 1 aromatic rings. The van der Waals surface area contributed by atoms with Gasteiger partial charge in [0, 0.05) is 11.6 Å². The highest BCUT2D eigenvalue weighted by molar-refractivity contribution is 5.29. The number of rotatable bonds is 4. The molecule has 1 aliphatic carbocycles. The number of aryl methyl sites for hydroxylation is 1. The Labute approximate surface area is 114 Å². The molecule has 0 bridgehead atoms. The molecule has 0 aliphatic heterocycles. The Morgan fingerprint density at radius 3 is 2.37 bits per heavy atom. The van der Waals surface area contributed by atoms with E-state index in [1.165, 1.54) is 12.8 Å². The van der Waals surface area contributed by atoms with E-state index in [4.69, 9.17) is 0 Å². The van der Waals surface area contributed by atoms with Crippen LogP contribution >= 0.6 is 0 Å². The smallest absolute Gasteiger partial charge is 0.163 e. The Morgan fingerprint density at radius 1 is 1.21 bits per heavy atom. The minimum absolute atomic E-state index is 0.0668. The number of halogens is 2. The van der Waals surface area contributed by atoms with Gasteiger partial charge in [0.15, 0.2) is 11.6 Å². The molecule has 106 valence electrons. The predicted octanol–water partition coefficient (Wildman–Crippen LogP) is 4.50. The van der Waals surface area contributed by atoms with E-state index < -0.39 is 11.6 Å². The Balaban J connectivity index is 2.45. The van der Waals surface area contributed by atoms with Gasteiger partial charge in [-0.1, -0.05) is 31.9 Å². The van der Waals surface area contributed by atoms with E-state index in [0.717, 1.165) is 19.3 Å². The van der Waals surface area contributed by atoms with Gasteiger partial charge in [0.05, 0.1) is 0 Å². The lowest BCUT2D eigenvalue weighted by atomic mass is 9.73. The molecule has 0 aromatic heterocycles. The Bertz CT molecular complexity index is 450. The van der Waals surface area contributed by atoms with E-state index >= 15 is 0 Å². The first-order chi connectivity index (χ1) is 9.05. The second-order valence-corrected chi connectivity index (χ2v) is 5.74. The summed E-state index contributed by atoms with van der Waals surface area (Å²) in [6, 6.07) is 3.32. The Kier molecular flexibility index (Phi) is 4.24. The molecule has 19 heavy (non-hydrogen) atoms. The second kappa shape index (κ2) is 5.58. The molecule has 0 saturated heterocycles. The van der Waals surface area contributed by atoms with E-state index in [1.54, 1.807) is 19.1 Å². The van der Waals surface area contributed by atoms with Crippen LogP contribution in [0.1, 0.15) is 56.2 Å². The normalized spacial score (nSPS) is 19.6. The highest BCUT2D eigenvalue weighted by atomic mass is 19.2. The molecular weight excluding hydrogens is 244 g/mol. The number of benzene rings is 1. The van der Waals surface area contributed by atoms with Crippen LogP contribution in [0.4, 0.5) is 8.78 Å². The summed E-state index contributed by atoms with van der Waals surface area (Å²) in [5, 5.41) is 3.23. The minimum Gasteiger partial charge on any atom is -0.312 e. The molecule has 2 rings (SSSR count). The van der Waals surface area contributed by atoms with E-state index in [-0.39, 0.29) is 11.5 Å². The maximum Gasteiger partial charge on any atom is 0.163 e. The lowest BCUT2D eigenvalue weighted by Gasteiger charge is -2.37. The van der Waals surface area contributed by atoms with E-state index in [9.17, 15) is 8.78 Å². The van der Waals surface area contributed by atoms with Crippen LogP contribution in [0.15, 0.2) is 12.1 Å². The molecule has 1 saturated carbocycles. The molecular formula is C16H23F2N. The van der Waals surface area contributed by atoms with Crippen molar-refractivity contribution in [2.45, 2.75) is 52.0 Å². The summed E-state index contributed by atoms with van der Waals surface area (Å²) in [5.74, 6) is -1.39. The van der Waals surface area contributed by atoms with Crippen molar-refractivity contribution in [1.29, 1.82) is 0 Å². The minimum atomic E-state index is -0.706. The summed E-state index contributed by atoms with van der Waals surface area (Å²) >= 11 is 0. The van der Waals surface area contributed by atoms with Crippen molar-refractivity contribution in [1.82, 2.24) is 5.32 Å². The van der Waals surface area contributed by atoms with Crippen LogP contribution in [0.3, 0.4) is 0 Å². The zero-order valence-corrected chi connectivity index (χ0v) is 12.0. The first-order valence-electron chi connectivity index (χ1n) is 7.17. The number of hydrogen-bond donors (Lipinski definition) is 1. The lowest BCUT2D eigenvalue weighted by molar-refractivity contribution is 0.190. The van der Waals surface area contributed by atoms with Gasteiger partial charge in [-0.15, -0.1) is 0 Å². The molecule has 1 unspecified atom stereocenters. The quantitative estimate of drug-likeness (QED) is 0.846. The van der Waals surface area contributed by atoms with Crippen molar-refractivity contribution in [3.63, 3.8) is 0 Å². The van der Waals surface area contributed by atoms with Gasteiger partial charge in [-0.25, -0.2) is 8.78 Å².